The highest BCUT2D eigenvalue weighted by Gasteiger charge is 2.15. The summed E-state index contributed by atoms with van der Waals surface area (Å²) in [7, 11) is 1.61. The molecule has 0 aliphatic carbocycles. The van der Waals surface area contributed by atoms with Gasteiger partial charge in [-0.3, -0.25) is 0 Å². The maximum atomic E-state index is 12.9. The average molecular weight is 479 g/mol. The van der Waals surface area contributed by atoms with Gasteiger partial charge in [-0.25, -0.2) is 9.59 Å². The van der Waals surface area contributed by atoms with Crippen LogP contribution in [0.2, 0.25) is 0 Å². The number of unbranched alkanes of at least 4 members (excludes halogenated alkanes) is 2. The number of aryl methyl sites for hydroxylation is 1. The van der Waals surface area contributed by atoms with E-state index in [-0.39, 0.29) is 12.5 Å². The quantitative estimate of drug-likeness (QED) is 0.131. The van der Waals surface area contributed by atoms with Crippen LogP contribution in [0.5, 0.6) is 11.5 Å². The molecule has 0 radical (unpaired) electrons. The maximum Gasteiger partial charge on any atom is 0.344 e. The lowest BCUT2D eigenvalue weighted by Crippen LogP contribution is -2.18. The Balaban J connectivity index is 1.75. The number of benzene rings is 2. The van der Waals surface area contributed by atoms with Crippen LogP contribution in [0.4, 0.5) is 0 Å². The molecule has 1 unspecified atom stereocenters. The second kappa shape index (κ2) is 12.2. The van der Waals surface area contributed by atoms with Crippen molar-refractivity contribution >= 4 is 16.9 Å². The minimum Gasteiger partial charge on any atom is -0.496 e. The number of carbonyl (C=O) groups is 1. The van der Waals surface area contributed by atoms with E-state index in [1.165, 1.54) is 18.4 Å². The summed E-state index contributed by atoms with van der Waals surface area (Å²) in [5.41, 5.74) is 2.72. The monoisotopic (exact) mass is 478 g/mol. The highest BCUT2D eigenvalue weighted by molar-refractivity contribution is 5.87. The zero-order valence-corrected chi connectivity index (χ0v) is 21.0. The van der Waals surface area contributed by atoms with Crippen molar-refractivity contribution in [1.82, 2.24) is 0 Å². The van der Waals surface area contributed by atoms with Crippen LogP contribution in [0.15, 0.2) is 63.8 Å². The van der Waals surface area contributed by atoms with Crippen LogP contribution >= 0.6 is 0 Å². The fourth-order valence-corrected chi connectivity index (χ4v) is 3.69. The third-order valence-corrected chi connectivity index (χ3v) is 5.71. The molecule has 186 valence electrons. The van der Waals surface area contributed by atoms with Gasteiger partial charge in [-0.2, -0.15) is 0 Å². The molecule has 2 aromatic carbocycles. The van der Waals surface area contributed by atoms with Crippen molar-refractivity contribution in [1.29, 1.82) is 0 Å². The number of hydrogen-bond acceptors (Lipinski definition) is 6. The molecular formula is C29H34O6. The van der Waals surface area contributed by atoms with Crippen molar-refractivity contribution in [3.05, 3.63) is 70.6 Å². The van der Waals surface area contributed by atoms with Gasteiger partial charge < -0.3 is 18.6 Å². The zero-order chi connectivity index (χ0) is 25.4. The summed E-state index contributed by atoms with van der Waals surface area (Å²) in [5.74, 6) is 0.802. The molecule has 0 aliphatic rings. The Kier molecular flexibility index (Phi) is 9.12. The summed E-state index contributed by atoms with van der Waals surface area (Å²) in [4.78, 5) is 24.4. The molecule has 0 amide bonds. The molecule has 0 saturated heterocycles. The summed E-state index contributed by atoms with van der Waals surface area (Å²) >= 11 is 0. The third kappa shape index (κ3) is 6.98. The zero-order valence-electron chi connectivity index (χ0n) is 21.0. The van der Waals surface area contributed by atoms with E-state index in [1.54, 1.807) is 20.1 Å². The minimum atomic E-state index is -0.438. The lowest BCUT2D eigenvalue weighted by Gasteiger charge is -2.14. The van der Waals surface area contributed by atoms with Gasteiger partial charge >= 0.3 is 11.6 Å². The fraction of sp³-hybridized carbons (Fsp3) is 0.379. The van der Waals surface area contributed by atoms with Gasteiger partial charge in [-0.1, -0.05) is 45.4 Å². The van der Waals surface area contributed by atoms with Gasteiger partial charge in [0, 0.05) is 28.5 Å². The standard InChI is InChI=1S/C29H34O6/c1-6-7-8-9-21-10-13-24(27(14-21)32-5)25-15-22-11-12-23(16-26(22)35-29(25)31)33-17-20(4)18-34-28(30)19(2)3/h10-16,20H,2,6-9,17-18H2,1,3-5H3. The molecule has 1 aromatic heterocycles. The molecule has 0 N–H and O–H groups in total. The molecule has 1 heterocycles. The number of fused-ring (bicyclic) bond motifs is 1. The van der Waals surface area contributed by atoms with E-state index in [0.717, 1.165) is 18.2 Å². The van der Waals surface area contributed by atoms with Crippen molar-refractivity contribution in [2.75, 3.05) is 20.3 Å². The number of rotatable bonds is 12. The number of ether oxygens (including phenoxy) is 3. The van der Waals surface area contributed by atoms with Crippen LogP contribution in [0.1, 0.15) is 45.6 Å². The first-order valence-corrected chi connectivity index (χ1v) is 12.0. The molecule has 0 spiro atoms. The number of methoxy groups -OCH3 is 1. The molecule has 6 nitrogen and oxygen atoms in total. The molecular weight excluding hydrogens is 444 g/mol. The van der Waals surface area contributed by atoms with E-state index in [4.69, 9.17) is 18.6 Å². The fourth-order valence-electron chi connectivity index (χ4n) is 3.69. The van der Waals surface area contributed by atoms with E-state index in [2.05, 4.69) is 13.5 Å². The first-order chi connectivity index (χ1) is 16.8. The second-order valence-corrected chi connectivity index (χ2v) is 8.93. The molecule has 0 fully saturated rings. The second-order valence-electron chi connectivity index (χ2n) is 8.93. The summed E-state index contributed by atoms with van der Waals surface area (Å²) in [6.07, 6.45) is 4.46. The van der Waals surface area contributed by atoms with Crippen LogP contribution in [-0.2, 0) is 16.0 Å². The Labute approximate surface area is 206 Å². The summed E-state index contributed by atoms with van der Waals surface area (Å²) in [6.45, 7) is 9.86. The van der Waals surface area contributed by atoms with Gasteiger partial charge in [0.2, 0.25) is 0 Å². The molecule has 0 aliphatic heterocycles. The van der Waals surface area contributed by atoms with Gasteiger partial charge in [-0.15, -0.1) is 0 Å². The molecule has 3 aromatic rings. The first-order valence-electron chi connectivity index (χ1n) is 12.0. The predicted octanol–water partition coefficient (Wildman–Crippen LogP) is 6.34. The predicted molar refractivity (Wildman–Crippen MR) is 138 cm³/mol. The van der Waals surface area contributed by atoms with E-state index in [0.29, 0.717) is 40.4 Å². The molecule has 3 rings (SSSR count). The van der Waals surface area contributed by atoms with Crippen LogP contribution in [-0.4, -0.2) is 26.3 Å². The molecule has 6 heteroatoms. The van der Waals surface area contributed by atoms with E-state index in [9.17, 15) is 9.59 Å². The lowest BCUT2D eigenvalue weighted by atomic mass is 10.00. The third-order valence-electron chi connectivity index (χ3n) is 5.71. The Morgan fingerprint density at radius 2 is 1.86 bits per heavy atom. The van der Waals surface area contributed by atoms with Gasteiger partial charge in [0.05, 0.1) is 25.9 Å². The molecule has 0 bridgehead atoms. The summed E-state index contributed by atoms with van der Waals surface area (Å²) in [5, 5.41) is 0.782. The normalized spacial score (nSPS) is 11.8. The summed E-state index contributed by atoms with van der Waals surface area (Å²) in [6, 6.07) is 13.2. The van der Waals surface area contributed by atoms with Gasteiger partial charge in [-0.05, 0) is 49.6 Å². The van der Waals surface area contributed by atoms with Crippen LogP contribution in [0, 0.1) is 5.92 Å². The maximum absolute atomic E-state index is 12.9. The SMILES string of the molecule is C=C(C)C(=O)OCC(C)COc1ccc2cc(-c3ccc(CCCCC)cc3OC)c(=O)oc2c1. The van der Waals surface area contributed by atoms with E-state index >= 15 is 0 Å². The number of esters is 1. The largest absolute Gasteiger partial charge is 0.496 e. The Hall–Kier alpha value is -3.54. The van der Waals surface area contributed by atoms with Crippen molar-refractivity contribution in [2.45, 2.75) is 46.5 Å². The van der Waals surface area contributed by atoms with Crippen molar-refractivity contribution in [2.24, 2.45) is 5.92 Å². The lowest BCUT2D eigenvalue weighted by molar-refractivity contribution is -0.140. The van der Waals surface area contributed by atoms with Crippen molar-refractivity contribution in [3.63, 3.8) is 0 Å². The first kappa shape index (κ1) is 26.1. The Morgan fingerprint density at radius 3 is 2.57 bits per heavy atom. The van der Waals surface area contributed by atoms with E-state index < -0.39 is 11.6 Å². The molecule has 0 saturated carbocycles. The van der Waals surface area contributed by atoms with Crippen molar-refractivity contribution < 1.29 is 23.4 Å². The molecule has 35 heavy (non-hydrogen) atoms. The minimum absolute atomic E-state index is 0.0132. The van der Waals surface area contributed by atoms with Crippen LogP contribution in [0.3, 0.4) is 0 Å². The van der Waals surface area contributed by atoms with Gasteiger partial charge in [0.15, 0.2) is 0 Å². The van der Waals surface area contributed by atoms with Crippen LogP contribution < -0.4 is 15.1 Å². The van der Waals surface area contributed by atoms with Gasteiger partial charge in [0.1, 0.15) is 17.1 Å². The van der Waals surface area contributed by atoms with Gasteiger partial charge in [0.25, 0.3) is 0 Å². The Morgan fingerprint density at radius 1 is 1.06 bits per heavy atom. The molecule has 1 atom stereocenters. The van der Waals surface area contributed by atoms with Crippen molar-refractivity contribution in [3.8, 4) is 22.6 Å². The topological polar surface area (TPSA) is 75.0 Å². The van der Waals surface area contributed by atoms with E-state index in [1.807, 2.05) is 43.3 Å². The summed E-state index contributed by atoms with van der Waals surface area (Å²) < 4.78 is 22.2. The number of hydrogen-bond donors (Lipinski definition) is 0. The highest BCUT2D eigenvalue weighted by Crippen LogP contribution is 2.32. The highest BCUT2D eigenvalue weighted by atomic mass is 16.5. The Bertz CT molecular complexity index is 1240. The average Bonchev–Trinajstić information content (AvgIpc) is 2.85. The number of carbonyl (C=O) groups excluding carboxylic acids is 1. The van der Waals surface area contributed by atoms with Crippen LogP contribution in [0.25, 0.3) is 22.1 Å². The smallest absolute Gasteiger partial charge is 0.344 e.